The van der Waals surface area contributed by atoms with Crippen molar-refractivity contribution in [3.63, 3.8) is 0 Å². The van der Waals surface area contributed by atoms with E-state index in [1.54, 1.807) is 0 Å². The Labute approximate surface area is 179 Å². The lowest BCUT2D eigenvalue weighted by atomic mass is 9.89. The summed E-state index contributed by atoms with van der Waals surface area (Å²) < 4.78 is 11.0. The highest BCUT2D eigenvalue weighted by Gasteiger charge is 2.46. The monoisotopic (exact) mass is 448 g/mol. The lowest BCUT2D eigenvalue weighted by Crippen LogP contribution is -2.55. The van der Waals surface area contributed by atoms with Gasteiger partial charge in [0.05, 0.1) is 12.2 Å². The molecule has 11 heteroatoms. The molecule has 8 N–H and O–H groups in total. The number of phenols is 4. The largest absolute Gasteiger partial charge is 0.507 e. The smallest absolute Gasteiger partial charge is 0.197 e. The van der Waals surface area contributed by atoms with E-state index in [1.807, 2.05) is 0 Å². The molecule has 11 nitrogen and oxygen atoms in total. The molecule has 5 atom stereocenters. The van der Waals surface area contributed by atoms with Gasteiger partial charge in [-0.3, -0.25) is 4.79 Å². The van der Waals surface area contributed by atoms with Crippen LogP contribution in [0.1, 0.15) is 11.7 Å². The molecule has 0 aliphatic carbocycles. The van der Waals surface area contributed by atoms with Crippen molar-refractivity contribution >= 4 is 11.0 Å². The second kappa shape index (κ2) is 7.97. The molecule has 0 saturated carbocycles. The second-order valence-corrected chi connectivity index (χ2v) is 7.46. The van der Waals surface area contributed by atoms with E-state index < -0.39 is 65.4 Å². The molecule has 4 rings (SSSR count). The number of aliphatic hydroxyl groups excluding tert-OH is 4. The molecule has 0 bridgehead atoms. The molecule has 32 heavy (non-hydrogen) atoms. The Balaban J connectivity index is 1.86. The molecule has 0 amide bonds. The summed E-state index contributed by atoms with van der Waals surface area (Å²) >= 11 is 0. The van der Waals surface area contributed by atoms with E-state index in [2.05, 4.69) is 0 Å². The van der Waals surface area contributed by atoms with E-state index in [9.17, 15) is 45.6 Å². The number of benzene rings is 2. The minimum absolute atomic E-state index is 0.0304. The first-order valence-electron chi connectivity index (χ1n) is 9.49. The minimum Gasteiger partial charge on any atom is -0.507 e. The first-order chi connectivity index (χ1) is 15.1. The number of hydrogen-bond acceptors (Lipinski definition) is 11. The summed E-state index contributed by atoms with van der Waals surface area (Å²) in [7, 11) is 0. The highest BCUT2D eigenvalue weighted by molar-refractivity contribution is 5.88. The van der Waals surface area contributed by atoms with E-state index in [4.69, 9.17) is 9.15 Å². The lowest BCUT2D eigenvalue weighted by Gasteiger charge is -2.40. The Hall–Kier alpha value is -3.35. The van der Waals surface area contributed by atoms with Gasteiger partial charge >= 0.3 is 0 Å². The van der Waals surface area contributed by atoms with Crippen molar-refractivity contribution in [3.8, 4) is 34.3 Å². The van der Waals surface area contributed by atoms with Crippen LogP contribution in [-0.4, -0.2) is 71.9 Å². The van der Waals surface area contributed by atoms with Gasteiger partial charge in [0.15, 0.2) is 16.9 Å². The maximum atomic E-state index is 12.8. The number of aliphatic hydroxyl groups is 4. The number of aromatic hydroxyl groups is 4. The third kappa shape index (κ3) is 3.42. The quantitative estimate of drug-likeness (QED) is 0.247. The number of ether oxygens (including phenoxy) is 1. The van der Waals surface area contributed by atoms with E-state index in [1.165, 1.54) is 12.1 Å². The predicted molar refractivity (Wildman–Crippen MR) is 107 cm³/mol. The average Bonchev–Trinajstić information content (AvgIpc) is 2.74. The van der Waals surface area contributed by atoms with Crippen molar-refractivity contribution in [2.45, 2.75) is 30.5 Å². The molecule has 3 aromatic rings. The number of hydrogen-bond donors (Lipinski definition) is 8. The maximum absolute atomic E-state index is 12.8. The van der Waals surface area contributed by atoms with Crippen LogP contribution in [-0.2, 0) is 4.74 Å². The highest BCUT2D eigenvalue weighted by atomic mass is 16.5. The molecule has 2 heterocycles. The second-order valence-electron chi connectivity index (χ2n) is 7.46. The zero-order valence-corrected chi connectivity index (χ0v) is 16.3. The lowest BCUT2D eigenvalue weighted by molar-refractivity contribution is -0.232. The van der Waals surface area contributed by atoms with Crippen molar-refractivity contribution in [3.05, 3.63) is 46.1 Å². The van der Waals surface area contributed by atoms with Crippen molar-refractivity contribution in [2.24, 2.45) is 0 Å². The van der Waals surface area contributed by atoms with Crippen LogP contribution < -0.4 is 5.43 Å². The van der Waals surface area contributed by atoms with Crippen LogP contribution in [0.2, 0.25) is 0 Å². The summed E-state index contributed by atoms with van der Waals surface area (Å²) in [5, 5.41) is 79.6. The zero-order valence-electron chi connectivity index (χ0n) is 16.3. The maximum Gasteiger partial charge on any atom is 0.197 e. The molecule has 1 aliphatic heterocycles. The Kier molecular flexibility index (Phi) is 5.44. The fourth-order valence-corrected chi connectivity index (χ4v) is 3.74. The summed E-state index contributed by atoms with van der Waals surface area (Å²) in [6.45, 7) is -0.721. The van der Waals surface area contributed by atoms with E-state index >= 15 is 0 Å². The topological polar surface area (TPSA) is 201 Å². The van der Waals surface area contributed by atoms with Crippen molar-refractivity contribution in [1.82, 2.24) is 0 Å². The Bertz CT molecular complexity index is 1230. The molecule has 2 aromatic carbocycles. The van der Waals surface area contributed by atoms with Gasteiger partial charge in [-0.1, -0.05) is 0 Å². The number of rotatable bonds is 3. The van der Waals surface area contributed by atoms with Crippen LogP contribution in [0.25, 0.3) is 22.3 Å². The van der Waals surface area contributed by atoms with E-state index in [0.29, 0.717) is 0 Å². The molecule has 1 aromatic heterocycles. The molecule has 1 saturated heterocycles. The predicted octanol–water partition coefficient (Wildman–Crippen LogP) is -0.203. The molecule has 1 aliphatic rings. The number of fused-ring (bicyclic) bond motifs is 1. The summed E-state index contributed by atoms with van der Waals surface area (Å²) in [5.41, 5.74) is -1.17. The zero-order chi connectivity index (χ0) is 23.3. The summed E-state index contributed by atoms with van der Waals surface area (Å²) in [6.07, 6.45) is -8.09. The van der Waals surface area contributed by atoms with E-state index in [0.717, 1.165) is 18.2 Å². The van der Waals surface area contributed by atoms with Crippen molar-refractivity contribution in [2.75, 3.05) is 6.61 Å². The molecule has 0 radical (unpaired) electrons. The molecule has 170 valence electrons. The molecular formula is C21H20O11. The normalized spacial score (nSPS) is 25.8. The van der Waals surface area contributed by atoms with Crippen LogP contribution in [0.15, 0.2) is 39.5 Å². The number of phenolic OH excluding ortho intramolecular Hbond substituents is 4. The molecule has 1 fully saturated rings. The third-order valence-corrected chi connectivity index (χ3v) is 5.45. The van der Waals surface area contributed by atoms with Gasteiger partial charge in [0.2, 0.25) is 0 Å². The van der Waals surface area contributed by atoms with Crippen LogP contribution in [0.4, 0.5) is 0 Å². The summed E-state index contributed by atoms with van der Waals surface area (Å²) in [6, 6.07) is 5.73. The fraction of sp³-hybridized carbons (Fsp3) is 0.286. The van der Waals surface area contributed by atoms with Gasteiger partial charge in [-0.05, 0) is 18.2 Å². The Morgan fingerprint density at radius 3 is 2.22 bits per heavy atom. The third-order valence-electron chi connectivity index (χ3n) is 5.45. The summed E-state index contributed by atoms with van der Waals surface area (Å²) in [5.74, 6) is -2.28. The van der Waals surface area contributed by atoms with Crippen LogP contribution in [0, 0.1) is 0 Å². The van der Waals surface area contributed by atoms with Gasteiger partial charge in [0.1, 0.15) is 58.7 Å². The molecule has 2 unspecified atom stereocenters. The highest BCUT2D eigenvalue weighted by Crippen LogP contribution is 2.44. The standard InChI is InChI=1S/C21H20O11/c22-6-14-17(27)19(29)20(30)21(32-14)16-11(26)5-13-15(18(16)28)10(25)4-12(31-13)7-1-2-8(23)9(24)3-7/h1-5,14,17,19-24,26-30H,6H2/t14-,17-,19+,20?,21?/m1/s1. The Morgan fingerprint density at radius 2 is 1.56 bits per heavy atom. The van der Waals surface area contributed by atoms with Crippen LogP contribution >= 0.6 is 0 Å². The first-order valence-corrected chi connectivity index (χ1v) is 9.49. The fourth-order valence-electron chi connectivity index (χ4n) is 3.74. The van der Waals surface area contributed by atoms with Gasteiger partial charge in [-0.15, -0.1) is 0 Å². The van der Waals surface area contributed by atoms with Gasteiger partial charge < -0.3 is 50.0 Å². The van der Waals surface area contributed by atoms with Gasteiger partial charge in [0, 0.05) is 17.7 Å². The molecule has 0 spiro atoms. The van der Waals surface area contributed by atoms with Crippen molar-refractivity contribution < 1.29 is 50.0 Å². The summed E-state index contributed by atoms with van der Waals surface area (Å²) in [4.78, 5) is 12.8. The van der Waals surface area contributed by atoms with Crippen molar-refractivity contribution in [1.29, 1.82) is 0 Å². The SMILES string of the molecule is O=c1cc(-c2ccc(O)c(O)c2)oc2cc(O)c(C3O[C@H](CO)[C@@H](O)[C@H](O)C3O)c(O)c12. The average molecular weight is 448 g/mol. The van der Waals surface area contributed by atoms with Gasteiger partial charge in [-0.2, -0.15) is 0 Å². The van der Waals surface area contributed by atoms with Gasteiger partial charge in [-0.25, -0.2) is 0 Å². The molecular weight excluding hydrogens is 428 g/mol. The van der Waals surface area contributed by atoms with Crippen LogP contribution in [0.5, 0.6) is 23.0 Å². The first kappa shape index (κ1) is 21.9. The van der Waals surface area contributed by atoms with Crippen LogP contribution in [0.3, 0.4) is 0 Å². The Morgan fingerprint density at radius 1 is 0.844 bits per heavy atom. The van der Waals surface area contributed by atoms with Gasteiger partial charge in [0.25, 0.3) is 0 Å². The van der Waals surface area contributed by atoms with E-state index in [-0.39, 0.29) is 28.0 Å². The minimum atomic E-state index is -1.80.